The number of hydrazine groups is 1. The molecule has 0 saturated carbocycles. The summed E-state index contributed by atoms with van der Waals surface area (Å²) in [6, 6.07) is 4.40. The molecule has 0 bridgehead atoms. The molecular formula is C12H22N4O. The van der Waals surface area contributed by atoms with E-state index in [0.29, 0.717) is 11.9 Å². The molecule has 1 heterocycles. The molecule has 0 fully saturated rings. The summed E-state index contributed by atoms with van der Waals surface area (Å²) in [6.45, 7) is 6.90. The Kier molecular flexibility index (Phi) is 5.90. The van der Waals surface area contributed by atoms with Crippen LogP contribution in [0.15, 0.2) is 18.3 Å². The topological polar surface area (TPSA) is 63.4 Å². The highest BCUT2D eigenvalue weighted by Crippen LogP contribution is 2.09. The summed E-state index contributed by atoms with van der Waals surface area (Å²) in [5.41, 5.74) is 3.69. The summed E-state index contributed by atoms with van der Waals surface area (Å²) < 4.78 is 5.11. The smallest absolute Gasteiger partial charge is 0.139 e. The zero-order chi connectivity index (χ0) is 12.7. The number of pyridine rings is 1. The lowest BCUT2D eigenvalue weighted by atomic mass is 10.2. The molecule has 17 heavy (non-hydrogen) atoms. The fourth-order valence-electron chi connectivity index (χ4n) is 1.57. The van der Waals surface area contributed by atoms with Gasteiger partial charge in [0.05, 0.1) is 6.61 Å². The first kappa shape index (κ1) is 13.9. The number of methoxy groups -OCH3 is 1. The number of aromatic nitrogens is 1. The van der Waals surface area contributed by atoms with E-state index in [1.165, 1.54) is 5.56 Å². The number of rotatable bonds is 7. The highest BCUT2D eigenvalue weighted by Gasteiger charge is 2.09. The van der Waals surface area contributed by atoms with Gasteiger partial charge in [-0.15, -0.1) is 0 Å². The number of nitrogens with two attached hydrogens (primary N) is 1. The zero-order valence-corrected chi connectivity index (χ0v) is 10.8. The Morgan fingerprint density at radius 3 is 2.71 bits per heavy atom. The Labute approximate surface area is 103 Å². The van der Waals surface area contributed by atoms with Crippen LogP contribution in [-0.2, 0) is 11.3 Å². The molecule has 1 aromatic rings. The molecule has 5 nitrogen and oxygen atoms in total. The predicted octanol–water partition coefficient (Wildman–Crippen LogP) is 1.22. The molecule has 0 aliphatic rings. The van der Waals surface area contributed by atoms with Crippen molar-refractivity contribution in [2.24, 2.45) is 5.84 Å². The van der Waals surface area contributed by atoms with Gasteiger partial charge in [-0.1, -0.05) is 6.07 Å². The second kappa shape index (κ2) is 7.21. The minimum absolute atomic E-state index is 0.484. The third-order valence-electron chi connectivity index (χ3n) is 2.67. The molecule has 3 N–H and O–H groups in total. The number of hydrogen-bond acceptors (Lipinski definition) is 5. The van der Waals surface area contributed by atoms with Gasteiger partial charge in [-0.05, 0) is 25.5 Å². The van der Waals surface area contributed by atoms with E-state index >= 15 is 0 Å². The highest BCUT2D eigenvalue weighted by molar-refractivity contribution is 5.33. The van der Waals surface area contributed by atoms with Gasteiger partial charge in [0.1, 0.15) is 5.82 Å². The first-order valence-corrected chi connectivity index (χ1v) is 5.82. The van der Waals surface area contributed by atoms with Crippen molar-refractivity contribution in [2.45, 2.75) is 26.4 Å². The van der Waals surface area contributed by atoms with Crippen molar-refractivity contribution in [2.75, 3.05) is 25.7 Å². The van der Waals surface area contributed by atoms with Gasteiger partial charge >= 0.3 is 0 Å². The van der Waals surface area contributed by atoms with Gasteiger partial charge in [0.25, 0.3) is 0 Å². The van der Waals surface area contributed by atoms with Gasteiger partial charge in [0, 0.05) is 32.4 Å². The molecule has 0 aliphatic carbocycles. The van der Waals surface area contributed by atoms with Crippen molar-refractivity contribution in [3.05, 3.63) is 23.9 Å². The van der Waals surface area contributed by atoms with Gasteiger partial charge < -0.3 is 10.2 Å². The van der Waals surface area contributed by atoms with E-state index < -0.39 is 0 Å². The quantitative estimate of drug-likeness (QED) is 0.552. The monoisotopic (exact) mass is 238 g/mol. The largest absolute Gasteiger partial charge is 0.383 e. The fourth-order valence-corrected chi connectivity index (χ4v) is 1.57. The van der Waals surface area contributed by atoms with Crippen LogP contribution in [0.5, 0.6) is 0 Å². The zero-order valence-electron chi connectivity index (χ0n) is 10.8. The molecule has 0 unspecified atom stereocenters. The summed E-state index contributed by atoms with van der Waals surface area (Å²) in [6.07, 6.45) is 1.84. The van der Waals surface area contributed by atoms with Crippen LogP contribution < -0.4 is 11.3 Å². The van der Waals surface area contributed by atoms with Crippen LogP contribution in [0.2, 0.25) is 0 Å². The van der Waals surface area contributed by atoms with E-state index in [4.69, 9.17) is 10.6 Å². The number of anilines is 1. The van der Waals surface area contributed by atoms with Crippen molar-refractivity contribution >= 4 is 5.82 Å². The average molecular weight is 238 g/mol. The lowest BCUT2D eigenvalue weighted by Crippen LogP contribution is -2.33. The van der Waals surface area contributed by atoms with E-state index in [0.717, 1.165) is 19.7 Å². The van der Waals surface area contributed by atoms with Gasteiger partial charge in [-0.25, -0.2) is 10.8 Å². The number of nitrogens with zero attached hydrogens (tertiary/aromatic N) is 2. The lowest BCUT2D eigenvalue weighted by molar-refractivity contribution is 0.125. The molecule has 0 aliphatic heterocycles. The maximum Gasteiger partial charge on any atom is 0.139 e. The van der Waals surface area contributed by atoms with Crippen LogP contribution in [0.25, 0.3) is 0 Å². The van der Waals surface area contributed by atoms with Crippen LogP contribution in [0.4, 0.5) is 5.82 Å². The van der Waals surface area contributed by atoms with E-state index in [2.05, 4.69) is 29.2 Å². The fraction of sp³-hybridized carbons (Fsp3) is 0.583. The summed E-state index contributed by atoms with van der Waals surface area (Å²) in [5, 5.41) is 0. The second-order valence-corrected chi connectivity index (χ2v) is 4.25. The third kappa shape index (κ3) is 4.68. The van der Waals surface area contributed by atoms with Crippen molar-refractivity contribution in [1.29, 1.82) is 0 Å². The minimum Gasteiger partial charge on any atom is -0.383 e. The van der Waals surface area contributed by atoms with Gasteiger partial charge in [0.15, 0.2) is 0 Å². The average Bonchev–Trinajstić information content (AvgIpc) is 2.35. The first-order chi connectivity index (χ1) is 8.17. The molecule has 5 heteroatoms. The number of nitrogens with one attached hydrogen (secondary N) is 1. The summed E-state index contributed by atoms with van der Waals surface area (Å²) in [7, 11) is 1.72. The summed E-state index contributed by atoms with van der Waals surface area (Å²) >= 11 is 0. The third-order valence-corrected chi connectivity index (χ3v) is 2.67. The van der Waals surface area contributed by atoms with Gasteiger partial charge in [0.2, 0.25) is 0 Å². The van der Waals surface area contributed by atoms with Crippen LogP contribution >= 0.6 is 0 Å². The molecule has 0 radical (unpaired) electrons. The number of hydrogen-bond donors (Lipinski definition) is 2. The van der Waals surface area contributed by atoms with Crippen LogP contribution in [0, 0.1) is 0 Å². The Hall–Kier alpha value is -1.17. The van der Waals surface area contributed by atoms with Crippen LogP contribution in [-0.4, -0.2) is 36.2 Å². The maximum absolute atomic E-state index is 5.28. The number of nitrogen functional groups attached to an aromatic ring is 1. The number of ether oxygens (including phenoxy) is 1. The molecule has 0 atom stereocenters. The minimum atomic E-state index is 0.484. The Bertz CT molecular complexity index is 313. The SMILES string of the molecule is COCCN(Cc1ccc(NN)nc1)C(C)C. The molecule has 96 valence electrons. The molecule has 0 amide bonds. The Morgan fingerprint density at radius 1 is 1.47 bits per heavy atom. The van der Waals surface area contributed by atoms with E-state index in [1.807, 2.05) is 18.3 Å². The van der Waals surface area contributed by atoms with Crippen molar-refractivity contribution in [3.63, 3.8) is 0 Å². The lowest BCUT2D eigenvalue weighted by Gasteiger charge is -2.26. The molecule has 0 spiro atoms. The molecular weight excluding hydrogens is 216 g/mol. The van der Waals surface area contributed by atoms with Crippen LogP contribution in [0.3, 0.4) is 0 Å². The second-order valence-electron chi connectivity index (χ2n) is 4.25. The van der Waals surface area contributed by atoms with Crippen molar-refractivity contribution < 1.29 is 4.74 Å². The van der Waals surface area contributed by atoms with E-state index in [1.54, 1.807) is 7.11 Å². The normalized spacial score (nSPS) is 11.2. The molecule has 1 aromatic heterocycles. The molecule has 1 rings (SSSR count). The summed E-state index contributed by atoms with van der Waals surface area (Å²) in [4.78, 5) is 6.54. The van der Waals surface area contributed by atoms with Gasteiger partial charge in [-0.2, -0.15) is 0 Å². The first-order valence-electron chi connectivity index (χ1n) is 5.82. The highest BCUT2D eigenvalue weighted by atomic mass is 16.5. The van der Waals surface area contributed by atoms with Gasteiger partial charge in [-0.3, -0.25) is 4.90 Å². The van der Waals surface area contributed by atoms with E-state index in [-0.39, 0.29) is 0 Å². The molecule has 0 saturated heterocycles. The Balaban J connectivity index is 2.58. The Morgan fingerprint density at radius 2 is 2.24 bits per heavy atom. The van der Waals surface area contributed by atoms with E-state index in [9.17, 15) is 0 Å². The van der Waals surface area contributed by atoms with Crippen LogP contribution in [0.1, 0.15) is 19.4 Å². The van der Waals surface area contributed by atoms with Crippen molar-refractivity contribution in [3.8, 4) is 0 Å². The maximum atomic E-state index is 5.28. The predicted molar refractivity (Wildman–Crippen MR) is 69.5 cm³/mol. The van der Waals surface area contributed by atoms with Crippen molar-refractivity contribution in [1.82, 2.24) is 9.88 Å². The molecule has 0 aromatic carbocycles. The standard InChI is InChI=1S/C12H22N4O/c1-10(2)16(6-7-17-3)9-11-4-5-12(15-13)14-8-11/h4-5,8,10H,6-7,9,13H2,1-3H3,(H,14,15). The summed E-state index contributed by atoms with van der Waals surface area (Å²) in [5.74, 6) is 5.96.